The summed E-state index contributed by atoms with van der Waals surface area (Å²) in [6, 6.07) is 10.5. The number of aryl methyl sites for hydroxylation is 1. The molecule has 0 spiro atoms. The number of rotatable bonds is 6. The lowest BCUT2D eigenvalue weighted by Gasteiger charge is -2.25. The number of carbonyl (C=O) groups excluding carboxylic acids is 3. The van der Waals surface area contributed by atoms with Crippen LogP contribution in [-0.2, 0) is 19.6 Å². The van der Waals surface area contributed by atoms with E-state index in [4.69, 9.17) is 11.6 Å². The van der Waals surface area contributed by atoms with Gasteiger partial charge in [-0.3, -0.25) is 14.4 Å². The molecule has 1 aliphatic heterocycles. The van der Waals surface area contributed by atoms with E-state index >= 15 is 0 Å². The van der Waals surface area contributed by atoms with Gasteiger partial charge in [0.15, 0.2) is 0 Å². The topological polar surface area (TPSA) is 125 Å². The number of anilines is 1. The Labute approximate surface area is 184 Å². The maximum atomic E-state index is 12.6. The molecule has 1 saturated heterocycles. The van der Waals surface area contributed by atoms with E-state index in [1.54, 1.807) is 18.2 Å². The quantitative estimate of drug-likeness (QED) is 0.591. The Morgan fingerprint density at radius 3 is 2.52 bits per heavy atom. The van der Waals surface area contributed by atoms with Gasteiger partial charge in [0.05, 0.1) is 28.7 Å². The average molecular weight is 465 g/mol. The monoisotopic (exact) mass is 464 g/mol. The molecule has 2 aromatic rings. The van der Waals surface area contributed by atoms with Crippen molar-refractivity contribution in [2.24, 2.45) is 0 Å². The van der Waals surface area contributed by atoms with Crippen molar-refractivity contribution in [2.45, 2.75) is 11.8 Å². The van der Waals surface area contributed by atoms with Crippen LogP contribution in [0.3, 0.4) is 0 Å². The van der Waals surface area contributed by atoms with E-state index in [2.05, 4.69) is 16.0 Å². The van der Waals surface area contributed by atoms with E-state index in [9.17, 15) is 22.8 Å². The fourth-order valence-corrected chi connectivity index (χ4v) is 4.61. The second-order valence-corrected chi connectivity index (χ2v) is 9.27. The maximum Gasteiger partial charge on any atom is 0.251 e. The van der Waals surface area contributed by atoms with Crippen LogP contribution in [0.4, 0.5) is 5.69 Å². The fourth-order valence-electron chi connectivity index (χ4n) is 2.93. The van der Waals surface area contributed by atoms with Gasteiger partial charge in [-0.15, -0.1) is 0 Å². The van der Waals surface area contributed by atoms with E-state index in [0.717, 1.165) is 9.87 Å². The number of hydrogen-bond donors (Lipinski definition) is 3. The third kappa shape index (κ3) is 5.60. The summed E-state index contributed by atoms with van der Waals surface area (Å²) in [7, 11) is -3.84. The molecule has 3 amide bonds. The molecular weight excluding hydrogens is 444 g/mol. The first-order valence-electron chi connectivity index (χ1n) is 9.38. The Morgan fingerprint density at radius 1 is 1.16 bits per heavy atom. The van der Waals surface area contributed by atoms with Crippen molar-refractivity contribution < 1.29 is 22.8 Å². The van der Waals surface area contributed by atoms with E-state index < -0.39 is 21.8 Å². The minimum Gasteiger partial charge on any atom is -0.354 e. The summed E-state index contributed by atoms with van der Waals surface area (Å²) in [4.78, 5) is 35.8. The van der Waals surface area contributed by atoms with Crippen molar-refractivity contribution in [2.75, 3.05) is 31.5 Å². The van der Waals surface area contributed by atoms with E-state index in [1.807, 2.05) is 6.92 Å². The number of nitrogens with one attached hydrogen (secondary N) is 3. The van der Waals surface area contributed by atoms with Crippen LogP contribution in [0.5, 0.6) is 0 Å². The molecule has 1 aliphatic rings. The zero-order chi connectivity index (χ0) is 22.6. The minimum absolute atomic E-state index is 0.0227. The Balaban J connectivity index is 1.58. The van der Waals surface area contributed by atoms with Crippen molar-refractivity contribution in [3.8, 4) is 0 Å². The van der Waals surface area contributed by atoms with Crippen LogP contribution in [0.1, 0.15) is 15.9 Å². The zero-order valence-electron chi connectivity index (χ0n) is 16.6. The second kappa shape index (κ2) is 9.46. The van der Waals surface area contributed by atoms with Gasteiger partial charge in [0.25, 0.3) is 5.91 Å². The molecule has 3 N–H and O–H groups in total. The van der Waals surface area contributed by atoms with Crippen molar-refractivity contribution in [3.05, 3.63) is 58.6 Å². The minimum atomic E-state index is -3.84. The van der Waals surface area contributed by atoms with E-state index in [0.29, 0.717) is 10.7 Å². The first-order chi connectivity index (χ1) is 14.7. The van der Waals surface area contributed by atoms with Crippen LogP contribution in [0.2, 0.25) is 5.02 Å². The smallest absolute Gasteiger partial charge is 0.251 e. The van der Waals surface area contributed by atoms with Gasteiger partial charge in [-0.25, -0.2) is 8.42 Å². The zero-order valence-corrected chi connectivity index (χ0v) is 18.2. The molecule has 3 rings (SSSR count). The third-order valence-electron chi connectivity index (χ3n) is 4.57. The summed E-state index contributed by atoms with van der Waals surface area (Å²) in [5.41, 5.74) is 1.58. The predicted octanol–water partition coefficient (Wildman–Crippen LogP) is 1.14. The molecule has 2 aromatic carbocycles. The highest BCUT2D eigenvalue weighted by Crippen LogP contribution is 2.22. The summed E-state index contributed by atoms with van der Waals surface area (Å²) in [5, 5.41) is 8.04. The molecule has 0 aliphatic carbocycles. The SMILES string of the molecule is Cc1ccc(NC(=O)CNC(=O)c2ccc(S(=O)(=O)N3CCNC(=O)C3)cc2)c(Cl)c1. The standard InChI is InChI=1S/C20H21ClN4O5S/c1-13-2-7-17(16(21)10-13)24-18(26)11-23-20(28)14-3-5-15(6-4-14)31(29,30)25-9-8-22-19(27)12-25/h2-7,10H,8-9,11-12H2,1H3,(H,22,27)(H,23,28)(H,24,26). The molecule has 164 valence electrons. The van der Waals surface area contributed by atoms with Gasteiger partial charge < -0.3 is 16.0 Å². The van der Waals surface area contributed by atoms with Crippen LogP contribution < -0.4 is 16.0 Å². The second-order valence-electron chi connectivity index (χ2n) is 6.93. The van der Waals surface area contributed by atoms with Crippen LogP contribution in [0, 0.1) is 6.92 Å². The summed E-state index contributed by atoms with van der Waals surface area (Å²) >= 11 is 6.07. The van der Waals surface area contributed by atoms with Crippen LogP contribution in [-0.4, -0.2) is 56.6 Å². The molecule has 0 bridgehead atoms. The highest BCUT2D eigenvalue weighted by molar-refractivity contribution is 7.89. The molecular formula is C20H21ClN4O5S. The maximum absolute atomic E-state index is 12.6. The molecule has 1 fully saturated rings. The first kappa shape index (κ1) is 22.7. The third-order valence-corrected chi connectivity index (χ3v) is 6.74. The van der Waals surface area contributed by atoms with Crippen molar-refractivity contribution in [3.63, 3.8) is 0 Å². The molecule has 9 nitrogen and oxygen atoms in total. The van der Waals surface area contributed by atoms with Gasteiger partial charge in [0, 0.05) is 18.7 Å². The van der Waals surface area contributed by atoms with Gasteiger partial charge in [0.2, 0.25) is 21.8 Å². The lowest BCUT2D eigenvalue weighted by atomic mass is 10.2. The highest BCUT2D eigenvalue weighted by Gasteiger charge is 2.29. The van der Waals surface area contributed by atoms with Gasteiger partial charge in [-0.2, -0.15) is 4.31 Å². The molecule has 1 heterocycles. The normalized spacial score (nSPS) is 14.6. The van der Waals surface area contributed by atoms with E-state index in [1.165, 1.54) is 24.3 Å². The Bertz CT molecular complexity index is 1120. The predicted molar refractivity (Wildman–Crippen MR) is 115 cm³/mol. The number of carbonyl (C=O) groups is 3. The van der Waals surface area contributed by atoms with Crippen LogP contribution in [0.15, 0.2) is 47.4 Å². The highest BCUT2D eigenvalue weighted by atomic mass is 35.5. The molecule has 0 saturated carbocycles. The van der Waals surface area contributed by atoms with Crippen molar-refractivity contribution in [1.82, 2.24) is 14.9 Å². The van der Waals surface area contributed by atoms with Gasteiger partial charge >= 0.3 is 0 Å². The number of sulfonamides is 1. The Hall–Kier alpha value is -2.95. The molecule has 11 heteroatoms. The summed E-state index contributed by atoms with van der Waals surface area (Å²) < 4.78 is 26.4. The van der Waals surface area contributed by atoms with Crippen molar-refractivity contribution >= 4 is 45.0 Å². The number of nitrogens with zero attached hydrogens (tertiary/aromatic N) is 1. The van der Waals surface area contributed by atoms with E-state index in [-0.39, 0.29) is 42.5 Å². The Morgan fingerprint density at radius 2 is 1.87 bits per heavy atom. The Kier molecular flexibility index (Phi) is 6.94. The van der Waals surface area contributed by atoms with Gasteiger partial charge in [-0.05, 0) is 48.9 Å². The summed E-state index contributed by atoms with van der Waals surface area (Å²) in [6.45, 7) is 1.76. The fraction of sp³-hybridized carbons (Fsp3) is 0.250. The lowest BCUT2D eigenvalue weighted by molar-refractivity contribution is -0.122. The van der Waals surface area contributed by atoms with Gasteiger partial charge in [-0.1, -0.05) is 17.7 Å². The van der Waals surface area contributed by atoms with Crippen LogP contribution in [0.25, 0.3) is 0 Å². The largest absolute Gasteiger partial charge is 0.354 e. The lowest BCUT2D eigenvalue weighted by Crippen LogP contribution is -2.49. The average Bonchev–Trinajstić information content (AvgIpc) is 2.74. The number of amides is 3. The first-order valence-corrected chi connectivity index (χ1v) is 11.2. The molecule has 0 unspecified atom stereocenters. The number of halogens is 1. The molecule has 0 radical (unpaired) electrons. The number of hydrogen-bond acceptors (Lipinski definition) is 5. The summed E-state index contributed by atoms with van der Waals surface area (Å²) in [6.07, 6.45) is 0. The van der Waals surface area contributed by atoms with Crippen molar-refractivity contribution in [1.29, 1.82) is 0 Å². The number of piperazine rings is 1. The molecule has 0 aromatic heterocycles. The molecule has 31 heavy (non-hydrogen) atoms. The van der Waals surface area contributed by atoms with Gasteiger partial charge in [0.1, 0.15) is 0 Å². The molecule has 0 atom stereocenters. The summed E-state index contributed by atoms with van der Waals surface area (Å²) in [5.74, 6) is -1.36. The number of benzene rings is 2. The van der Waals surface area contributed by atoms with Crippen LogP contribution >= 0.6 is 11.6 Å².